The summed E-state index contributed by atoms with van der Waals surface area (Å²) in [5.74, 6) is 1.31. The Kier molecular flexibility index (Phi) is 5.96. The number of amides is 2. The van der Waals surface area contributed by atoms with Gasteiger partial charge in [0.1, 0.15) is 5.60 Å². The quantitative estimate of drug-likeness (QED) is 0.789. The van der Waals surface area contributed by atoms with Gasteiger partial charge in [-0.15, -0.1) is 0 Å². The van der Waals surface area contributed by atoms with Crippen molar-refractivity contribution in [2.75, 3.05) is 12.1 Å². The van der Waals surface area contributed by atoms with Crippen molar-refractivity contribution in [1.29, 1.82) is 0 Å². The summed E-state index contributed by atoms with van der Waals surface area (Å²) in [7, 11) is 0. The topological polar surface area (TPSA) is 85.9 Å². The van der Waals surface area contributed by atoms with E-state index < -0.39 is 11.7 Å². The largest absolute Gasteiger partial charge is 0.454 e. The summed E-state index contributed by atoms with van der Waals surface area (Å²) < 4.78 is 15.9. The molecule has 0 radical (unpaired) electrons. The molecule has 2 amide bonds. The van der Waals surface area contributed by atoms with Crippen LogP contribution in [0.25, 0.3) is 0 Å². The third kappa shape index (κ3) is 5.88. The van der Waals surface area contributed by atoms with Crippen LogP contribution in [-0.2, 0) is 16.0 Å². The molecule has 1 atom stereocenters. The molecule has 1 aliphatic rings. The summed E-state index contributed by atoms with van der Waals surface area (Å²) in [5.41, 5.74) is 1.84. The average Bonchev–Trinajstić information content (AvgIpc) is 3.09. The molecular formula is C22H26N2O5. The molecule has 7 nitrogen and oxygen atoms in total. The van der Waals surface area contributed by atoms with Crippen molar-refractivity contribution < 1.29 is 23.8 Å². The van der Waals surface area contributed by atoms with Crippen LogP contribution in [0.2, 0.25) is 0 Å². The minimum Gasteiger partial charge on any atom is -0.454 e. The molecule has 2 aromatic rings. The van der Waals surface area contributed by atoms with Crippen molar-refractivity contribution >= 4 is 17.7 Å². The lowest BCUT2D eigenvalue weighted by molar-refractivity contribution is -0.121. The number of rotatable bonds is 5. The fourth-order valence-electron chi connectivity index (χ4n) is 2.87. The maximum atomic E-state index is 12.4. The second kappa shape index (κ2) is 8.43. The van der Waals surface area contributed by atoms with E-state index in [-0.39, 0.29) is 25.2 Å². The van der Waals surface area contributed by atoms with Crippen LogP contribution in [0.1, 0.15) is 44.9 Å². The Balaban J connectivity index is 1.52. The number of ether oxygens (including phenoxy) is 3. The van der Waals surface area contributed by atoms with Gasteiger partial charge in [-0.3, -0.25) is 10.1 Å². The first-order chi connectivity index (χ1) is 13.7. The van der Waals surface area contributed by atoms with Crippen LogP contribution in [-0.4, -0.2) is 24.4 Å². The molecule has 0 saturated carbocycles. The van der Waals surface area contributed by atoms with Crippen molar-refractivity contribution in [2.24, 2.45) is 0 Å². The molecule has 0 aliphatic carbocycles. The SMILES string of the molecule is CC(NC(=O)Cc1ccc(NC(=O)OC(C)(C)C)cc1)c1ccc2c(c1)OCO2. The highest BCUT2D eigenvalue weighted by Crippen LogP contribution is 2.34. The highest BCUT2D eigenvalue weighted by molar-refractivity contribution is 5.85. The molecule has 1 aliphatic heterocycles. The molecule has 3 rings (SSSR count). The van der Waals surface area contributed by atoms with Gasteiger partial charge < -0.3 is 19.5 Å². The van der Waals surface area contributed by atoms with Gasteiger partial charge in [-0.05, 0) is 63.1 Å². The highest BCUT2D eigenvalue weighted by atomic mass is 16.7. The van der Waals surface area contributed by atoms with E-state index >= 15 is 0 Å². The third-order valence-electron chi connectivity index (χ3n) is 4.24. The van der Waals surface area contributed by atoms with Gasteiger partial charge in [-0.2, -0.15) is 0 Å². The Hall–Kier alpha value is -3.22. The second-order valence-electron chi connectivity index (χ2n) is 7.90. The molecule has 0 spiro atoms. The smallest absolute Gasteiger partial charge is 0.412 e. The Labute approximate surface area is 170 Å². The lowest BCUT2D eigenvalue weighted by atomic mass is 10.1. The molecule has 0 aromatic heterocycles. The Morgan fingerprint density at radius 3 is 2.45 bits per heavy atom. The molecule has 1 heterocycles. The van der Waals surface area contributed by atoms with Crippen molar-refractivity contribution in [3.05, 3.63) is 53.6 Å². The number of fused-ring (bicyclic) bond motifs is 1. The summed E-state index contributed by atoms with van der Waals surface area (Å²) in [6, 6.07) is 12.6. The third-order valence-corrected chi connectivity index (χ3v) is 4.24. The minimum atomic E-state index is -0.559. The predicted molar refractivity (Wildman–Crippen MR) is 109 cm³/mol. The van der Waals surface area contributed by atoms with E-state index in [0.29, 0.717) is 17.2 Å². The summed E-state index contributed by atoms with van der Waals surface area (Å²) in [6.07, 6.45) is -0.276. The molecule has 0 saturated heterocycles. The van der Waals surface area contributed by atoms with E-state index in [2.05, 4.69) is 10.6 Å². The number of anilines is 1. The number of carbonyl (C=O) groups is 2. The summed E-state index contributed by atoms with van der Waals surface area (Å²) in [6.45, 7) is 7.55. The first-order valence-electron chi connectivity index (χ1n) is 9.47. The van der Waals surface area contributed by atoms with Gasteiger partial charge in [0.15, 0.2) is 11.5 Å². The molecule has 0 fully saturated rings. The van der Waals surface area contributed by atoms with E-state index in [1.54, 1.807) is 45.0 Å². The van der Waals surface area contributed by atoms with Gasteiger partial charge in [-0.1, -0.05) is 18.2 Å². The van der Waals surface area contributed by atoms with Crippen molar-refractivity contribution in [3.8, 4) is 11.5 Å². The van der Waals surface area contributed by atoms with E-state index in [1.807, 2.05) is 25.1 Å². The van der Waals surface area contributed by atoms with Gasteiger partial charge in [0.05, 0.1) is 12.5 Å². The van der Waals surface area contributed by atoms with Crippen LogP contribution < -0.4 is 20.1 Å². The zero-order chi connectivity index (χ0) is 21.0. The van der Waals surface area contributed by atoms with Crippen LogP contribution in [0, 0.1) is 0 Å². The van der Waals surface area contributed by atoms with Crippen molar-refractivity contribution in [2.45, 2.75) is 45.8 Å². The van der Waals surface area contributed by atoms with Crippen molar-refractivity contribution in [3.63, 3.8) is 0 Å². The van der Waals surface area contributed by atoms with Gasteiger partial charge in [0.2, 0.25) is 12.7 Å². The molecule has 1 unspecified atom stereocenters. The summed E-state index contributed by atoms with van der Waals surface area (Å²) in [4.78, 5) is 24.2. The molecule has 29 heavy (non-hydrogen) atoms. The molecule has 0 bridgehead atoms. The van der Waals surface area contributed by atoms with E-state index in [1.165, 1.54) is 0 Å². The molecule has 2 aromatic carbocycles. The van der Waals surface area contributed by atoms with E-state index in [4.69, 9.17) is 14.2 Å². The zero-order valence-corrected chi connectivity index (χ0v) is 17.1. The van der Waals surface area contributed by atoms with Crippen LogP contribution in [0.15, 0.2) is 42.5 Å². The number of carbonyl (C=O) groups excluding carboxylic acids is 2. The lowest BCUT2D eigenvalue weighted by Gasteiger charge is -2.19. The normalized spacial score (nSPS) is 13.5. The first-order valence-corrected chi connectivity index (χ1v) is 9.47. The Morgan fingerprint density at radius 2 is 1.76 bits per heavy atom. The van der Waals surface area contributed by atoms with Gasteiger partial charge in [-0.25, -0.2) is 4.79 Å². The molecule has 7 heteroatoms. The van der Waals surface area contributed by atoms with Crippen LogP contribution in [0.3, 0.4) is 0 Å². The summed E-state index contributed by atoms with van der Waals surface area (Å²) >= 11 is 0. The first kappa shape index (κ1) is 20.5. The van der Waals surface area contributed by atoms with Crippen molar-refractivity contribution in [1.82, 2.24) is 5.32 Å². The van der Waals surface area contributed by atoms with Crippen LogP contribution in [0.4, 0.5) is 10.5 Å². The summed E-state index contributed by atoms with van der Waals surface area (Å²) in [5, 5.41) is 5.65. The minimum absolute atomic E-state index is 0.0944. The predicted octanol–water partition coefficient (Wildman–Crippen LogP) is 4.18. The van der Waals surface area contributed by atoms with Crippen LogP contribution >= 0.6 is 0 Å². The molecule has 154 valence electrons. The second-order valence-corrected chi connectivity index (χ2v) is 7.90. The zero-order valence-electron chi connectivity index (χ0n) is 17.1. The fourth-order valence-corrected chi connectivity index (χ4v) is 2.87. The standard InChI is InChI=1S/C22H26N2O5/c1-14(16-7-10-18-19(12-16)28-13-27-18)23-20(25)11-15-5-8-17(9-6-15)24-21(26)29-22(2,3)4/h5-10,12,14H,11,13H2,1-4H3,(H,23,25)(H,24,26). The Morgan fingerprint density at radius 1 is 1.07 bits per heavy atom. The van der Waals surface area contributed by atoms with Gasteiger partial charge in [0.25, 0.3) is 0 Å². The number of hydrogen-bond donors (Lipinski definition) is 2. The lowest BCUT2D eigenvalue weighted by Crippen LogP contribution is -2.28. The fraction of sp³-hybridized carbons (Fsp3) is 0.364. The van der Waals surface area contributed by atoms with Gasteiger partial charge >= 0.3 is 6.09 Å². The van der Waals surface area contributed by atoms with Crippen LogP contribution in [0.5, 0.6) is 11.5 Å². The highest BCUT2D eigenvalue weighted by Gasteiger charge is 2.18. The Bertz CT molecular complexity index is 887. The maximum absolute atomic E-state index is 12.4. The van der Waals surface area contributed by atoms with E-state index in [9.17, 15) is 9.59 Å². The van der Waals surface area contributed by atoms with E-state index in [0.717, 1.165) is 11.1 Å². The number of hydrogen-bond acceptors (Lipinski definition) is 5. The number of benzene rings is 2. The number of nitrogens with one attached hydrogen (secondary N) is 2. The monoisotopic (exact) mass is 398 g/mol. The molecular weight excluding hydrogens is 372 g/mol. The maximum Gasteiger partial charge on any atom is 0.412 e. The van der Waals surface area contributed by atoms with Gasteiger partial charge in [0, 0.05) is 5.69 Å². The average molecular weight is 398 g/mol. The molecule has 2 N–H and O–H groups in total.